The molecule has 0 heterocycles. The van der Waals surface area contributed by atoms with Gasteiger partial charge in [0.05, 0.1) is 11.9 Å². The quantitative estimate of drug-likeness (QED) is 0.168. The first-order valence-corrected chi connectivity index (χ1v) is 18.0. The molecule has 1 unspecified atom stereocenters. The summed E-state index contributed by atoms with van der Waals surface area (Å²) in [6.45, 7) is -0.120. The molecule has 4 aromatic carbocycles. The Hall–Kier alpha value is -4.34. The lowest BCUT2D eigenvalue weighted by atomic mass is 10.0. The van der Waals surface area contributed by atoms with Crippen LogP contribution in [0.5, 0.6) is 5.75 Å². The highest BCUT2D eigenvalue weighted by molar-refractivity contribution is 7.92. The molecular weight excluding hydrogens is 634 g/mol. The van der Waals surface area contributed by atoms with E-state index in [2.05, 4.69) is 5.32 Å². The van der Waals surface area contributed by atoms with Crippen LogP contribution in [0.4, 0.5) is 5.69 Å². The highest BCUT2D eigenvalue weighted by Crippen LogP contribution is 2.26. The van der Waals surface area contributed by atoms with E-state index in [1.54, 1.807) is 42.5 Å². The molecule has 0 radical (unpaired) electrons. The predicted octanol–water partition coefficient (Wildman–Crippen LogP) is 6.38. The van der Waals surface area contributed by atoms with Crippen LogP contribution in [0.2, 0.25) is 5.02 Å². The van der Waals surface area contributed by atoms with Crippen molar-refractivity contribution in [2.24, 2.45) is 0 Å². The first-order chi connectivity index (χ1) is 22.7. The van der Waals surface area contributed by atoms with Crippen molar-refractivity contribution >= 4 is 39.1 Å². The van der Waals surface area contributed by atoms with Gasteiger partial charge in [-0.2, -0.15) is 0 Å². The normalized spacial score (nSPS) is 13.9. The number of rotatable bonds is 14. The van der Waals surface area contributed by atoms with Crippen LogP contribution in [0, 0.1) is 0 Å². The maximum atomic E-state index is 14.4. The number of sulfonamides is 1. The van der Waals surface area contributed by atoms with Gasteiger partial charge < -0.3 is 15.0 Å². The predicted molar refractivity (Wildman–Crippen MR) is 186 cm³/mol. The molecule has 5 rings (SSSR count). The minimum absolute atomic E-state index is 0.0258. The van der Waals surface area contributed by atoms with E-state index in [0.29, 0.717) is 28.6 Å². The van der Waals surface area contributed by atoms with Crippen molar-refractivity contribution in [3.05, 3.63) is 131 Å². The highest BCUT2D eigenvalue weighted by Gasteiger charge is 2.34. The molecule has 1 aliphatic rings. The number of nitrogens with zero attached hydrogens (tertiary/aromatic N) is 2. The topological polar surface area (TPSA) is 96.0 Å². The fraction of sp³-hybridized carbons (Fsp3) is 0.297. The van der Waals surface area contributed by atoms with Crippen LogP contribution in [0.25, 0.3) is 0 Å². The fourth-order valence-electron chi connectivity index (χ4n) is 5.79. The monoisotopic (exact) mass is 673 g/mol. The van der Waals surface area contributed by atoms with E-state index in [1.165, 1.54) is 4.90 Å². The van der Waals surface area contributed by atoms with Gasteiger partial charge in [-0.3, -0.25) is 13.9 Å². The Labute approximate surface area is 282 Å². The maximum absolute atomic E-state index is 14.4. The Morgan fingerprint density at radius 2 is 1.45 bits per heavy atom. The second kappa shape index (κ2) is 16.0. The van der Waals surface area contributed by atoms with Crippen LogP contribution < -0.4 is 14.4 Å². The van der Waals surface area contributed by atoms with Gasteiger partial charge >= 0.3 is 0 Å². The van der Waals surface area contributed by atoms with E-state index in [1.807, 2.05) is 66.7 Å². The number of amides is 2. The first-order valence-electron chi connectivity index (χ1n) is 15.8. The molecule has 0 spiro atoms. The summed E-state index contributed by atoms with van der Waals surface area (Å²) in [4.78, 5) is 29.8. The third kappa shape index (κ3) is 9.59. The summed E-state index contributed by atoms with van der Waals surface area (Å²) in [5, 5.41) is 3.62. The number of halogens is 1. The minimum Gasteiger partial charge on any atom is -0.489 e. The molecule has 8 nitrogen and oxygen atoms in total. The van der Waals surface area contributed by atoms with Gasteiger partial charge in [0.2, 0.25) is 21.8 Å². The van der Waals surface area contributed by atoms with Crippen molar-refractivity contribution in [3.8, 4) is 5.75 Å². The number of hydrogen-bond acceptors (Lipinski definition) is 5. The molecule has 246 valence electrons. The van der Waals surface area contributed by atoms with E-state index < -0.39 is 28.5 Å². The molecule has 0 saturated heterocycles. The van der Waals surface area contributed by atoms with Gasteiger partial charge in [-0.15, -0.1) is 0 Å². The van der Waals surface area contributed by atoms with Gasteiger partial charge in [0, 0.05) is 24.0 Å². The lowest BCUT2D eigenvalue weighted by Gasteiger charge is -2.34. The molecule has 1 saturated carbocycles. The molecule has 1 fully saturated rings. The zero-order chi connectivity index (χ0) is 33.2. The van der Waals surface area contributed by atoms with Crippen LogP contribution in [0.15, 0.2) is 109 Å². The van der Waals surface area contributed by atoms with Crippen molar-refractivity contribution in [1.82, 2.24) is 10.2 Å². The molecule has 1 atom stereocenters. The Kier molecular flexibility index (Phi) is 11.6. The van der Waals surface area contributed by atoms with Crippen molar-refractivity contribution in [2.45, 2.75) is 57.3 Å². The standard InChI is InChI=1S/C37H40ClN3O5S/c1-47(44,45)41(32-20-22-33(23-21-32)46-27-29-14-6-3-7-15-29)26-36(42)40(25-30-16-8-11-19-34(30)38)35(24-28-12-4-2-5-13-28)37(43)39-31-17-9-10-18-31/h2-8,11-16,19-23,31,35H,9-10,17-18,24-27H2,1H3,(H,39,43). The number of carbonyl (C=O) groups is 2. The van der Waals surface area contributed by atoms with Crippen LogP contribution in [-0.2, 0) is 39.2 Å². The smallest absolute Gasteiger partial charge is 0.244 e. The number of hydrogen-bond donors (Lipinski definition) is 1. The van der Waals surface area contributed by atoms with E-state index in [9.17, 15) is 18.0 Å². The number of benzene rings is 4. The van der Waals surface area contributed by atoms with Crippen LogP contribution in [0.3, 0.4) is 0 Å². The molecule has 0 aliphatic heterocycles. The molecule has 0 bridgehead atoms. The SMILES string of the molecule is CS(=O)(=O)N(CC(=O)N(Cc1ccccc1Cl)C(Cc1ccccc1)C(=O)NC1CCCC1)c1ccc(OCc2ccccc2)cc1. The average molecular weight is 674 g/mol. The number of anilines is 1. The molecule has 1 aliphatic carbocycles. The first kappa shape index (κ1) is 34.0. The summed E-state index contributed by atoms with van der Waals surface area (Å²) in [7, 11) is -3.90. The van der Waals surface area contributed by atoms with E-state index in [-0.39, 0.29) is 24.9 Å². The Balaban J connectivity index is 1.43. The van der Waals surface area contributed by atoms with E-state index >= 15 is 0 Å². The lowest BCUT2D eigenvalue weighted by Crippen LogP contribution is -2.54. The zero-order valence-electron chi connectivity index (χ0n) is 26.4. The van der Waals surface area contributed by atoms with Crippen molar-refractivity contribution in [2.75, 3.05) is 17.1 Å². The average Bonchev–Trinajstić information content (AvgIpc) is 3.59. The molecule has 10 heteroatoms. The van der Waals surface area contributed by atoms with Gasteiger partial charge in [-0.05, 0) is 59.9 Å². The maximum Gasteiger partial charge on any atom is 0.244 e. The summed E-state index contributed by atoms with van der Waals surface area (Å²) in [5.41, 5.74) is 2.84. The van der Waals surface area contributed by atoms with Crippen molar-refractivity contribution < 1.29 is 22.7 Å². The molecule has 0 aromatic heterocycles. The van der Waals surface area contributed by atoms with Gasteiger partial charge in [0.15, 0.2) is 0 Å². The number of nitrogens with one attached hydrogen (secondary N) is 1. The second-order valence-electron chi connectivity index (χ2n) is 11.8. The second-order valence-corrected chi connectivity index (χ2v) is 14.2. The summed E-state index contributed by atoms with van der Waals surface area (Å²) in [5.74, 6) is -0.238. The van der Waals surface area contributed by atoms with Gasteiger partial charge in [0.1, 0.15) is 24.9 Å². The van der Waals surface area contributed by atoms with Crippen LogP contribution in [0.1, 0.15) is 42.4 Å². The highest BCUT2D eigenvalue weighted by atomic mass is 35.5. The van der Waals surface area contributed by atoms with Crippen molar-refractivity contribution in [1.29, 1.82) is 0 Å². The summed E-state index contributed by atoms with van der Waals surface area (Å²) >= 11 is 6.55. The van der Waals surface area contributed by atoms with Crippen LogP contribution >= 0.6 is 11.6 Å². The lowest BCUT2D eigenvalue weighted by molar-refractivity contribution is -0.140. The van der Waals surface area contributed by atoms with Crippen molar-refractivity contribution in [3.63, 3.8) is 0 Å². The fourth-order valence-corrected chi connectivity index (χ4v) is 6.84. The Morgan fingerprint density at radius 1 is 0.851 bits per heavy atom. The summed E-state index contributed by atoms with van der Waals surface area (Å²) < 4.78 is 33.2. The van der Waals surface area contributed by atoms with Crippen LogP contribution in [-0.4, -0.2) is 50.0 Å². The third-order valence-electron chi connectivity index (χ3n) is 8.32. The molecule has 4 aromatic rings. The summed E-state index contributed by atoms with van der Waals surface area (Å²) in [6.07, 6.45) is 5.16. The minimum atomic E-state index is -3.90. The number of ether oxygens (including phenoxy) is 1. The summed E-state index contributed by atoms with van der Waals surface area (Å²) in [6, 6.07) is 32.1. The van der Waals surface area contributed by atoms with Gasteiger partial charge in [-0.25, -0.2) is 8.42 Å². The van der Waals surface area contributed by atoms with Gasteiger partial charge in [-0.1, -0.05) is 103 Å². The largest absolute Gasteiger partial charge is 0.489 e. The third-order valence-corrected chi connectivity index (χ3v) is 9.83. The van der Waals surface area contributed by atoms with E-state index in [4.69, 9.17) is 16.3 Å². The Bertz CT molecular complexity index is 1730. The molecule has 1 N–H and O–H groups in total. The molecule has 2 amide bonds. The van der Waals surface area contributed by atoms with Gasteiger partial charge in [0.25, 0.3) is 0 Å². The number of carbonyl (C=O) groups excluding carboxylic acids is 2. The Morgan fingerprint density at radius 3 is 2.06 bits per heavy atom. The molecular formula is C37H40ClN3O5S. The molecule has 47 heavy (non-hydrogen) atoms. The zero-order valence-corrected chi connectivity index (χ0v) is 28.0. The van der Waals surface area contributed by atoms with E-state index in [0.717, 1.165) is 47.4 Å².